The minimum absolute atomic E-state index is 0.000726. The average molecular weight is 316 g/mol. The Hall–Kier alpha value is -1.14. The molecule has 4 nitrogen and oxygen atoms in total. The molecule has 0 fully saturated rings. The Kier molecular flexibility index (Phi) is 6.16. The van der Waals surface area contributed by atoms with Gasteiger partial charge in [0, 0.05) is 31.6 Å². The van der Waals surface area contributed by atoms with Gasteiger partial charge in [0.15, 0.2) is 0 Å². The Balaban J connectivity index is 3.11. The van der Waals surface area contributed by atoms with Gasteiger partial charge in [-0.3, -0.25) is 0 Å². The third-order valence-electron chi connectivity index (χ3n) is 3.49. The topological polar surface area (TPSA) is 49.4 Å². The van der Waals surface area contributed by atoms with Crippen molar-refractivity contribution in [3.63, 3.8) is 0 Å². The van der Waals surface area contributed by atoms with E-state index in [0.29, 0.717) is 12.1 Å². The van der Waals surface area contributed by atoms with E-state index in [1.807, 2.05) is 25.8 Å². The van der Waals surface area contributed by atoms with E-state index in [4.69, 9.17) is 0 Å². The molecule has 1 N–H and O–H groups in total. The van der Waals surface area contributed by atoms with Crippen molar-refractivity contribution in [2.24, 2.45) is 0 Å². The molecule has 0 aromatic heterocycles. The molecule has 1 aromatic rings. The van der Waals surface area contributed by atoms with Gasteiger partial charge >= 0.3 is 0 Å². The lowest BCUT2D eigenvalue weighted by Gasteiger charge is -2.26. The highest BCUT2D eigenvalue weighted by Gasteiger charge is 2.16. The van der Waals surface area contributed by atoms with Crippen LogP contribution in [0.4, 0.5) is 10.1 Å². The lowest BCUT2D eigenvalue weighted by Crippen LogP contribution is -2.28. The SMILES string of the molecule is CCNC(C)c1cc(F)c(C)cc1N(C)CCS(C)(=O)=O. The Morgan fingerprint density at radius 1 is 1.38 bits per heavy atom. The Labute approximate surface area is 127 Å². The summed E-state index contributed by atoms with van der Waals surface area (Å²) in [6.07, 6.45) is 1.22. The normalized spacial score (nSPS) is 13.2. The largest absolute Gasteiger partial charge is 0.373 e. The molecule has 0 aliphatic rings. The minimum atomic E-state index is -3.02. The standard InChI is InChI=1S/C15H25FN2O2S/c1-6-17-12(3)13-10-14(16)11(2)9-15(13)18(4)7-8-21(5,19)20/h9-10,12,17H,6-8H2,1-5H3. The Bertz CT molecular complexity index is 588. The lowest BCUT2D eigenvalue weighted by molar-refractivity contribution is 0.578. The van der Waals surface area contributed by atoms with E-state index >= 15 is 0 Å². The number of halogens is 1. The average Bonchev–Trinajstić information content (AvgIpc) is 2.38. The van der Waals surface area contributed by atoms with E-state index in [-0.39, 0.29) is 17.6 Å². The zero-order valence-electron chi connectivity index (χ0n) is 13.4. The van der Waals surface area contributed by atoms with Gasteiger partial charge < -0.3 is 10.2 Å². The van der Waals surface area contributed by atoms with Crippen LogP contribution in [-0.4, -0.2) is 40.6 Å². The molecule has 1 aromatic carbocycles. The summed E-state index contributed by atoms with van der Waals surface area (Å²) in [5.41, 5.74) is 2.27. The van der Waals surface area contributed by atoms with Crippen LogP contribution in [0, 0.1) is 12.7 Å². The first kappa shape index (κ1) is 17.9. The number of aryl methyl sites for hydroxylation is 1. The van der Waals surface area contributed by atoms with Crippen molar-refractivity contribution in [3.05, 3.63) is 29.1 Å². The summed E-state index contributed by atoms with van der Waals surface area (Å²) < 4.78 is 36.5. The molecule has 0 aliphatic heterocycles. The van der Waals surface area contributed by atoms with Crippen LogP contribution < -0.4 is 10.2 Å². The monoisotopic (exact) mass is 316 g/mol. The van der Waals surface area contributed by atoms with Gasteiger partial charge in [0.05, 0.1) is 5.75 Å². The molecule has 1 rings (SSSR count). The van der Waals surface area contributed by atoms with Gasteiger partial charge in [-0.25, -0.2) is 12.8 Å². The molecule has 0 radical (unpaired) electrons. The second-order valence-electron chi connectivity index (χ2n) is 5.49. The molecular weight excluding hydrogens is 291 g/mol. The molecule has 0 saturated heterocycles. The fourth-order valence-corrected chi connectivity index (χ4v) is 2.80. The van der Waals surface area contributed by atoms with Crippen molar-refractivity contribution in [2.45, 2.75) is 26.8 Å². The molecule has 6 heteroatoms. The zero-order chi connectivity index (χ0) is 16.2. The van der Waals surface area contributed by atoms with Crippen LogP contribution in [0.15, 0.2) is 12.1 Å². The number of sulfone groups is 1. The summed E-state index contributed by atoms with van der Waals surface area (Å²) in [5, 5.41) is 3.26. The number of anilines is 1. The van der Waals surface area contributed by atoms with Crippen LogP contribution in [0.25, 0.3) is 0 Å². The van der Waals surface area contributed by atoms with Crippen LogP contribution >= 0.6 is 0 Å². The summed E-state index contributed by atoms with van der Waals surface area (Å²) >= 11 is 0. The molecule has 1 unspecified atom stereocenters. The van der Waals surface area contributed by atoms with Crippen molar-refractivity contribution in [1.82, 2.24) is 5.32 Å². The Morgan fingerprint density at radius 2 is 2.00 bits per heavy atom. The van der Waals surface area contributed by atoms with E-state index in [9.17, 15) is 12.8 Å². The maximum Gasteiger partial charge on any atom is 0.149 e. The van der Waals surface area contributed by atoms with Crippen LogP contribution in [-0.2, 0) is 9.84 Å². The number of hydrogen-bond donors (Lipinski definition) is 1. The van der Waals surface area contributed by atoms with E-state index < -0.39 is 9.84 Å². The highest BCUT2D eigenvalue weighted by molar-refractivity contribution is 7.90. The molecule has 0 spiro atoms. The van der Waals surface area contributed by atoms with Crippen LogP contribution in [0.3, 0.4) is 0 Å². The van der Waals surface area contributed by atoms with Crippen LogP contribution in [0.2, 0.25) is 0 Å². The Morgan fingerprint density at radius 3 is 2.52 bits per heavy atom. The first-order chi connectivity index (χ1) is 9.65. The van der Waals surface area contributed by atoms with Gasteiger partial charge in [0.1, 0.15) is 15.7 Å². The molecule has 21 heavy (non-hydrogen) atoms. The van der Waals surface area contributed by atoms with Crippen LogP contribution in [0.5, 0.6) is 0 Å². The molecule has 0 saturated carbocycles. The van der Waals surface area contributed by atoms with Gasteiger partial charge in [-0.2, -0.15) is 0 Å². The van der Waals surface area contributed by atoms with Crippen LogP contribution in [0.1, 0.15) is 31.0 Å². The molecule has 0 heterocycles. The number of rotatable bonds is 7. The van der Waals surface area contributed by atoms with Gasteiger partial charge in [0.25, 0.3) is 0 Å². The molecular formula is C15H25FN2O2S. The van der Waals surface area contributed by atoms with Crippen molar-refractivity contribution >= 4 is 15.5 Å². The minimum Gasteiger partial charge on any atom is -0.373 e. The molecule has 1 atom stereocenters. The predicted octanol–water partition coefficient (Wildman–Crippen LogP) is 2.29. The smallest absolute Gasteiger partial charge is 0.149 e. The summed E-state index contributed by atoms with van der Waals surface area (Å²) in [4.78, 5) is 1.87. The molecule has 0 amide bonds. The summed E-state index contributed by atoms with van der Waals surface area (Å²) in [6, 6.07) is 3.32. The summed E-state index contributed by atoms with van der Waals surface area (Å²) in [5.74, 6) is -0.162. The quantitative estimate of drug-likeness (QED) is 0.838. The summed E-state index contributed by atoms with van der Waals surface area (Å²) in [7, 11) is -1.19. The van der Waals surface area contributed by atoms with E-state index in [1.165, 1.54) is 12.3 Å². The van der Waals surface area contributed by atoms with Crippen molar-refractivity contribution < 1.29 is 12.8 Å². The highest BCUT2D eigenvalue weighted by Crippen LogP contribution is 2.28. The number of nitrogens with one attached hydrogen (secondary N) is 1. The van der Waals surface area contributed by atoms with Crippen molar-refractivity contribution in [2.75, 3.05) is 37.0 Å². The molecule has 0 bridgehead atoms. The lowest BCUT2D eigenvalue weighted by atomic mass is 10.0. The van der Waals surface area contributed by atoms with Crippen molar-refractivity contribution in [1.29, 1.82) is 0 Å². The fourth-order valence-electron chi connectivity index (χ4n) is 2.20. The zero-order valence-corrected chi connectivity index (χ0v) is 14.2. The van der Waals surface area contributed by atoms with Gasteiger partial charge in [0.2, 0.25) is 0 Å². The maximum atomic E-state index is 13.9. The summed E-state index contributed by atoms with van der Waals surface area (Å²) in [6.45, 7) is 6.85. The molecule has 0 aliphatic carbocycles. The maximum absolute atomic E-state index is 13.9. The third-order valence-corrected chi connectivity index (χ3v) is 4.42. The second-order valence-corrected chi connectivity index (χ2v) is 7.75. The fraction of sp³-hybridized carbons (Fsp3) is 0.600. The van der Waals surface area contributed by atoms with Gasteiger partial charge in [-0.15, -0.1) is 0 Å². The van der Waals surface area contributed by atoms with E-state index in [2.05, 4.69) is 5.32 Å². The van der Waals surface area contributed by atoms with E-state index in [1.54, 1.807) is 13.0 Å². The first-order valence-electron chi connectivity index (χ1n) is 7.08. The van der Waals surface area contributed by atoms with Crippen molar-refractivity contribution in [3.8, 4) is 0 Å². The first-order valence-corrected chi connectivity index (χ1v) is 9.14. The van der Waals surface area contributed by atoms with Gasteiger partial charge in [-0.1, -0.05) is 6.92 Å². The highest BCUT2D eigenvalue weighted by atomic mass is 32.2. The molecule has 120 valence electrons. The van der Waals surface area contributed by atoms with Gasteiger partial charge in [-0.05, 0) is 43.7 Å². The second kappa shape index (κ2) is 7.22. The third kappa shape index (κ3) is 5.28. The van der Waals surface area contributed by atoms with E-state index in [0.717, 1.165) is 17.8 Å². The number of benzene rings is 1. The number of nitrogens with zero attached hydrogens (tertiary/aromatic N) is 1. The predicted molar refractivity (Wildman–Crippen MR) is 86.2 cm³/mol. The number of hydrogen-bond acceptors (Lipinski definition) is 4.